The van der Waals surface area contributed by atoms with Gasteiger partial charge in [-0.15, -0.1) is 0 Å². The standard InChI is InChI=1S/C22H33NO5/c1-21(2,3)28-20(24)23-16-8-7-9-17(23)15-22(25,14-16)12-13-27-19-11-6-5-10-18(19)26-4/h5-6,10-11,16-17,25H,7-9,12-15H2,1-4H3. The summed E-state index contributed by atoms with van der Waals surface area (Å²) < 4.78 is 16.8. The minimum atomic E-state index is -0.823. The number of amides is 1. The third-order valence-electron chi connectivity index (χ3n) is 5.59. The van der Waals surface area contributed by atoms with E-state index in [1.807, 2.05) is 49.9 Å². The largest absolute Gasteiger partial charge is 0.493 e. The zero-order valence-corrected chi connectivity index (χ0v) is 17.4. The van der Waals surface area contributed by atoms with Gasteiger partial charge in [-0.2, -0.15) is 0 Å². The molecule has 6 heteroatoms. The molecule has 2 aliphatic rings. The molecule has 2 unspecified atom stereocenters. The van der Waals surface area contributed by atoms with E-state index in [1.165, 1.54) is 0 Å². The van der Waals surface area contributed by atoms with E-state index in [9.17, 15) is 9.90 Å². The van der Waals surface area contributed by atoms with Gasteiger partial charge in [0, 0.05) is 18.5 Å². The van der Waals surface area contributed by atoms with Gasteiger partial charge < -0.3 is 24.2 Å². The van der Waals surface area contributed by atoms with Crippen molar-refractivity contribution in [3.8, 4) is 11.5 Å². The molecule has 0 saturated carbocycles. The molecule has 1 amide bonds. The molecule has 2 atom stereocenters. The van der Waals surface area contributed by atoms with Gasteiger partial charge in [0.1, 0.15) is 5.60 Å². The van der Waals surface area contributed by atoms with Crippen LogP contribution in [0.1, 0.15) is 59.3 Å². The lowest BCUT2D eigenvalue weighted by Gasteiger charge is -2.51. The Bertz CT molecular complexity index is 670. The highest BCUT2D eigenvalue weighted by molar-refractivity contribution is 5.69. The number of piperidine rings is 2. The lowest BCUT2D eigenvalue weighted by molar-refractivity contribution is -0.0991. The molecule has 2 aliphatic heterocycles. The van der Waals surface area contributed by atoms with Crippen LogP contribution in [0.4, 0.5) is 4.79 Å². The van der Waals surface area contributed by atoms with Gasteiger partial charge in [-0.05, 0) is 65.0 Å². The van der Waals surface area contributed by atoms with Crippen molar-refractivity contribution in [2.45, 2.75) is 82.6 Å². The van der Waals surface area contributed by atoms with Crippen LogP contribution >= 0.6 is 0 Å². The van der Waals surface area contributed by atoms with Gasteiger partial charge in [-0.1, -0.05) is 12.1 Å². The van der Waals surface area contributed by atoms with Crippen LogP contribution in [0, 0.1) is 0 Å². The molecule has 1 aromatic rings. The zero-order valence-electron chi connectivity index (χ0n) is 17.4. The van der Waals surface area contributed by atoms with Crippen LogP contribution in [0.15, 0.2) is 24.3 Å². The molecule has 0 aromatic heterocycles. The number of nitrogens with zero attached hydrogens (tertiary/aromatic N) is 1. The summed E-state index contributed by atoms with van der Waals surface area (Å²) in [6.45, 7) is 6.06. The Hall–Kier alpha value is -1.95. The topological polar surface area (TPSA) is 68.2 Å². The number of methoxy groups -OCH3 is 1. The Morgan fingerprint density at radius 1 is 1.18 bits per heavy atom. The van der Waals surface area contributed by atoms with E-state index in [-0.39, 0.29) is 18.2 Å². The second kappa shape index (κ2) is 8.19. The monoisotopic (exact) mass is 391 g/mol. The minimum Gasteiger partial charge on any atom is -0.493 e. The smallest absolute Gasteiger partial charge is 0.410 e. The Balaban J connectivity index is 1.61. The summed E-state index contributed by atoms with van der Waals surface area (Å²) in [5.41, 5.74) is -1.34. The quantitative estimate of drug-likeness (QED) is 0.817. The fourth-order valence-corrected chi connectivity index (χ4v) is 4.43. The maximum atomic E-state index is 12.7. The molecule has 2 saturated heterocycles. The lowest BCUT2D eigenvalue weighted by Crippen LogP contribution is -2.60. The summed E-state index contributed by atoms with van der Waals surface area (Å²) in [4.78, 5) is 14.6. The summed E-state index contributed by atoms with van der Waals surface area (Å²) in [6.07, 6.45) is 4.31. The molecule has 6 nitrogen and oxygen atoms in total. The van der Waals surface area contributed by atoms with Gasteiger partial charge in [0.2, 0.25) is 0 Å². The second-order valence-electron chi connectivity index (χ2n) is 9.01. The summed E-state index contributed by atoms with van der Waals surface area (Å²) in [5, 5.41) is 11.2. The van der Waals surface area contributed by atoms with E-state index in [0.29, 0.717) is 37.4 Å². The van der Waals surface area contributed by atoms with Crippen molar-refractivity contribution in [1.29, 1.82) is 0 Å². The van der Waals surface area contributed by atoms with Crippen LogP contribution in [-0.2, 0) is 4.74 Å². The Kier molecular flexibility index (Phi) is 6.08. The van der Waals surface area contributed by atoms with Crippen molar-refractivity contribution in [2.75, 3.05) is 13.7 Å². The number of rotatable bonds is 5. The van der Waals surface area contributed by atoms with Crippen LogP contribution in [0.5, 0.6) is 11.5 Å². The molecule has 28 heavy (non-hydrogen) atoms. The molecule has 1 N–H and O–H groups in total. The fraction of sp³-hybridized carbons (Fsp3) is 0.682. The number of aliphatic hydroxyl groups is 1. The van der Waals surface area contributed by atoms with Crippen LogP contribution in [0.3, 0.4) is 0 Å². The van der Waals surface area contributed by atoms with Crippen molar-refractivity contribution >= 4 is 6.09 Å². The third kappa shape index (κ3) is 4.90. The molecule has 0 aliphatic carbocycles. The molecular weight excluding hydrogens is 358 g/mol. The van der Waals surface area contributed by atoms with Crippen molar-refractivity contribution in [3.05, 3.63) is 24.3 Å². The number of benzene rings is 1. The number of carbonyl (C=O) groups is 1. The number of hydrogen-bond acceptors (Lipinski definition) is 5. The first-order valence-corrected chi connectivity index (χ1v) is 10.2. The highest BCUT2D eigenvalue weighted by Crippen LogP contribution is 2.41. The van der Waals surface area contributed by atoms with Crippen molar-refractivity contribution in [1.82, 2.24) is 4.90 Å². The normalized spacial score (nSPS) is 27.2. The maximum Gasteiger partial charge on any atom is 0.410 e. The molecule has 3 rings (SSSR count). The maximum absolute atomic E-state index is 12.7. The number of carbonyl (C=O) groups excluding carboxylic acids is 1. The number of para-hydroxylation sites is 2. The average Bonchev–Trinajstić information content (AvgIpc) is 2.59. The molecule has 156 valence electrons. The number of ether oxygens (including phenoxy) is 3. The predicted octanol–water partition coefficient (Wildman–Crippen LogP) is 4.15. The molecule has 2 bridgehead atoms. The van der Waals surface area contributed by atoms with Gasteiger partial charge in [-0.3, -0.25) is 0 Å². The van der Waals surface area contributed by atoms with Crippen LogP contribution in [-0.4, -0.2) is 53.1 Å². The first-order chi connectivity index (χ1) is 13.2. The lowest BCUT2D eigenvalue weighted by atomic mass is 9.74. The van der Waals surface area contributed by atoms with Gasteiger partial charge in [0.05, 0.1) is 19.3 Å². The van der Waals surface area contributed by atoms with Crippen molar-refractivity contribution in [3.63, 3.8) is 0 Å². The summed E-state index contributed by atoms with van der Waals surface area (Å²) >= 11 is 0. The van der Waals surface area contributed by atoms with E-state index in [0.717, 1.165) is 19.3 Å². The molecule has 2 fully saturated rings. The highest BCUT2D eigenvalue weighted by atomic mass is 16.6. The summed E-state index contributed by atoms with van der Waals surface area (Å²) in [6, 6.07) is 7.57. The minimum absolute atomic E-state index is 0.0265. The molecular formula is C22H33NO5. The first kappa shape index (κ1) is 20.8. The fourth-order valence-electron chi connectivity index (χ4n) is 4.43. The molecule has 1 aromatic carbocycles. The second-order valence-corrected chi connectivity index (χ2v) is 9.01. The van der Waals surface area contributed by atoms with Crippen molar-refractivity contribution < 1.29 is 24.1 Å². The summed E-state index contributed by atoms with van der Waals surface area (Å²) in [7, 11) is 1.61. The third-order valence-corrected chi connectivity index (χ3v) is 5.59. The van der Waals surface area contributed by atoms with Crippen LogP contribution in [0.2, 0.25) is 0 Å². The van der Waals surface area contributed by atoms with Gasteiger partial charge in [-0.25, -0.2) is 4.79 Å². The first-order valence-electron chi connectivity index (χ1n) is 10.2. The Morgan fingerprint density at radius 2 is 1.79 bits per heavy atom. The van der Waals surface area contributed by atoms with Crippen LogP contribution in [0.25, 0.3) is 0 Å². The van der Waals surface area contributed by atoms with E-state index in [2.05, 4.69) is 0 Å². The predicted molar refractivity (Wildman–Crippen MR) is 107 cm³/mol. The average molecular weight is 392 g/mol. The highest BCUT2D eigenvalue weighted by Gasteiger charge is 2.48. The van der Waals surface area contributed by atoms with E-state index in [4.69, 9.17) is 14.2 Å². The number of hydrogen-bond donors (Lipinski definition) is 1. The van der Waals surface area contributed by atoms with Gasteiger partial charge >= 0.3 is 6.09 Å². The van der Waals surface area contributed by atoms with E-state index < -0.39 is 11.2 Å². The van der Waals surface area contributed by atoms with E-state index in [1.54, 1.807) is 7.11 Å². The van der Waals surface area contributed by atoms with Crippen LogP contribution < -0.4 is 9.47 Å². The van der Waals surface area contributed by atoms with Crippen molar-refractivity contribution in [2.24, 2.45) is 0 Å². The molecule has 0 spiro atoms. The van der Waals surface area contributed by atoms with Gasteiger partial charge in [0.25, 0.3) is 0 Å². The van der Waals surface area contributed by atoms with E-state index >= 15 is 0 Å². The Labute approximate surface area is 167 Å². The molecule has 0 radical (unpaired) electrons. The summed E-state index contributed by atoms with van der Waals surface area (Å²) in [5.74, 6) is 1.37. The van der Waals surface area contributed by atoms with Gasteiger partial charge in [0.15, 0.2) is 11.5 Å². The number of fused-ring (bicyclic) bond motifs is 2. The zero-order chi connectivity index (χ0) is 20.4. The Morgan fingerprint density at radius 3 is 2.36 bits per heavy atom. The molecule has 2 heterocycles. The SMILES string of the molecule is COc1ccccc1OCCC1(O)CC2CCCC(C1)N2C(=O)OC(C)(C)C.